The lowest BCUT2D eigenvalue weighted by molar-refractivity contribution is 0.411. The van der Waals surface area contributed by atoms with Crippen molar-refractivity contribution in [1.82, 2.24) is 19.7 Å². The summed E-state index contributed by atoms with van der Waals surface area (Å²) in [6, 6.07) is 10.1. The van der Waals surface area contributed by atoms with Gasteiger partial charge in [-0.25, -0.2) is 4.98 Å². The van der Waals surface area contributed by atoms with Crippen molar-refractivity contribution < 1.29 is 4.52 Å². The number of rotatable bonds is 4. The van der Waals surface area contributed by atoms with E-state index in [4.69, 9.17) is 4.52 Å². The fourth-order valence-electron chi connectivity index (χ4n) is 3.95. The van der Waals surface area contributed by atoms with E-state index in [0.29, 0.717) is 17.4 Å². The zero-order valence-electron chi connectivity index (χ0n) is 16.0. The van der Waals surface area contributed by atoms with Crippen LogP contribution in [-0.2, 0) is 0 Å². The summed E-state index contributed by atoms with van der Waals surface area (Å²) >= 11 is 1.65. The Kier molecular flexibility index (Phi) is 4.60. The smallest absolute Gasteiger partial charge is 0.272 e. The first-order chi connectivity index (χ1) is 14.2. The first kappa shape index (κ1) is 18.0. The van der Waals surface area contributed by atoms with Gasteiger partial charge in [0.25, 0.3) is 11.4 Å². The summed E-state index contributed by atoms with van der Waals surface area (Å²) < 4.78 is 7.29. The summed E-state index contributed by atoms with van der Waals surface area (Å²) in [5, 5.41) is 6.12. The Labute approximate surface area is 171 Å². The molecule has 1 saturated carbocycles. The van der Waals surface area contributed by atoms with Crippen LogP contribution in [0.2, 0.25) is 0 Å². The summed E-state index contributed by atoms with van der Waals surface area (Å²) in [7, 11) is 0. The molecule has 0 amide bonds. The van der Waals surface area contributed by atoms with Crippen molar-refractivity contribution in [1.29, 1.82) is 0 Å². The Balaban J connectivity index is 1.52. The molecule has 29 heavy (non-hydrogen) atoms. The monoisotopic (exact) mass is 404 g/mol. The summed E-state index contributed by atoms with van der Waals surface area (Å²) in [5.41, 5.74) is 3.01. The minimum Gasteiger partial charge on any atom is -0.334 e. The lowest BCUT2D eigenvalue weighted by Gasteiger charge is -2.17. The maximum Gasteiger partial charge on any atom is 0.272 e. The molecule has 146 valence electrons. The second-order valence-electron chi connectivity index (χ2n) is 7.32. The van der Waals surface area contributed by atoms with Crippen LogP contribution in [0.25, 0.3) is 34.6 Å². The third-order valence-electron chi connectivity index (χ3n) is 5.37. The van der Waals surface area contributed by atoms with E-state index in [-0.39, 0.29) is 11.6 Å². The first-order valence-electron chi connectivity index (χ1n) is 9.77. The molecule has 0 spiro atoms. The maximum absolute atomic E-state index is 12.8. The highest BCUT2D eigenvalue weighted by atomic mass is 32.1. The minimum atomic E-state index is 0.0118. The van der Waals surface area contributed by atoms with Crippen LogP contribution in [0.5, 0.6) is 0 Å². The highest BCUT2D eigenvalue weighted by molar-refractivity contribution is 7.10. The second kappa shape index (κ2) is 7.40. The fourth-order valence-corrected chi connectivity index (χ4v) is 4.57. The molecule has 1 aromatic carbocycles. The molecule has 3 heterocycles. The lowest BCUT2D eigenvalue weighted by Crippen LogP contribution is -2.26. The largest absolute Gasteiger partial charge is 0.334 e. The van der Waals surface area contributed by atoms with Crippen LogP contribution in [0, 0.1) is 6.92 Å². The van der Waals surface area contributed by atoms with Crippen molar-refractivity contribution in [3.8, 4) is 11.4 Å². The van der Waals surface area contributed by atoms with Gasteiger partial charge in [-0.05, 0) is 55.5 Å². The molecule has 0 aliphatic heterocycles. The van der Waals surface area contributed by atoms with E-state index in [9.17, 15) is 4.79 Å². The van der Waals surface area contributed by atoms with Crippen LogP contribution in [0.4, 0.5) is 0 Å². The summed E-state index contributed by atoms with van der Waals surface area (Å²) in [6.45, 7) is 1.78. The van der Waals surface area contributed by atoms with E-state index >= 15 is 0 Å². The van der Waals surface area contributed by atoms with E-state index in [1.165, 1.54) is 12.8 Å². The van der Waals surface area contributed by atoms with Crippen LogP contribution >= 0.6 is 11.3 Å². The number of thiophene rings is 1. The number of aromatic nitrogens is 4. The van der Waals surface area contributed by atoms with Crippen molar-refractivity contribution in [2.24, 2.45) is 0 Å². The summed E-state index contributed by atoms with van der Waals surface area (Å²) in [6.07, 6.45) is 8.19. The van der Waals surface area contributed by atoms with Crippen molar-refractivity contribution >= 4 is 34.5 Å². The van der Waals surface area contributed by atoms with E-state index in [2.05, 4.69) is 15.1 Å². The predicted octanol–water partition coefficient (Wildman–Crippen LogP) is 5.10. The SMILES string of the molecule is Cc1nc2cc(-c3noc(/C=C/c4cccs4)n3)ccc2n(C2CCCC2)c1=O. The van der Waals surface area contributed by atoms with Crippen molar-refractivity contribution in [2.45, 2.75) is 38.6 Å². The van der Waals surface area contributed by atoms with Crippen LogP contribution < -0.4 is 5.56 Å². The third-order valence-corrected chi connectivity index (χ3v) is 6.21. The Morgan fingerprint density at radius 1 is 1.17 bits per heavy atom. The molecule has 7 heteroatoms. The lowest BCUT2D eigenvalue weighted by atomic mass is 10.1. The van der Waals surface area contributed by atoms with Crippen LogP contribution in [0.15, 0.2) is 45.0 Å². The molecule has 1 fully saturated rings. The molecule has 0 atom stereocenters. The highest BCUT2D eigenvalue weighted by Crippen LogP contribution is 2.31. The van der Waals surface area contributed by atoms with E-state index in [1.54, 1.807) is 18.3 Å². The van der Waals surface area contributed by atoms with Gasteiger partial charge < -0.3 is 9.09 Å². The molecule has 4 aromatic rings. The summed E-state index contributed by atoms with van der Waals surface area (Å²) in [4.78, 5) is 22.9. The third kappa shape index (κ3) is 3.42. The zero-order chi connectivity index (χ0) is 19.8. The van der Waals surface area contributed by atoms with Gasteiger partial charge >= 0.3 is 0 Å². The maximum atomic E-state index is 12.8. The first-order valence-corrected chi connectivity index (χ1v) is 10.7. The van der Waals surface area contributed by atoms with Crippen molar-refractivity contribution in [2.75, 3.05) is 0 Å². The Hall–Kier alpha value is -3.06. The molecule has 5 rings (SSSR count). The fraction of sp³-hybridized carbons (Fsp3) is 0.273. The summed E-state index contributed by atoms with van der Waals surface area (Å²) in [5.74, 6) is 0.962. The molecule has 3 aromatic heterocycles. The van der Waals surface area contributed by atoms with Gasteiger partial charge in [0.15, 0.2) is 0 Å². The number of hydrogen-bond donors (Lipinski definition) is 0. The van der Waals surface area contributed by atoms with E-state index in [0.717, 1.165) is 34.3 Å². The van der Waals surface area contributed by atoms with Crippen molar-refractivity contribution in [3.05, 3.63) is 62.5 Å². The molecule has 1 aliphatic carbocycles. The number of hydrogen-bond acceptors (Lipinski definition) is 6. The molecule has 6 nitrogen and oxygen atoms in total. The predicted molar refractivity (Wildman–Crippen MR) is 115 cm³/mol. The molecule has 0 radical (unpaired) electrons. The number of aryl methyl sites for hydroxylation is 1. The second-order valence-corrected chi connectivity index (χ2v) is 8.30. The molecule has 0 N–H and O–H groups in total. The Morgan fingerprint density at radius 3 is 2.83 bits per heavy atom. The highest BCUT2D eigenvalue weighted by Gasteiger charge is 2.21. The van der Waals surface area contributed by atoms with Crippen LogP contribution in [0.3, 0.4) is 0 Å². The van der Waals surface area contributed by atoms with Gasteiger partial charge in [-0.3, -0.25) is 4.79 Å². The van der Waals surface area contributed by atoms with Gasteiger partial charge in [0.05, 0.1) is 11.0 Å². The average Bonchev–Trinajstić information content (AvgIpc) is 3.49. The van der Waals surface area contributed by atoms with Crippen molar-refractivity contribution in [3.63, 3.8) is 0 Å². The Bertz CT molecular complexity index is 1250. The van der Waals surface area contributed by atoms with Gasteiger partial charge in [-0.1, -0.05) is 24.1 Å². The van der Waals surface area contributed by atoms with Gasteiger partial charge in [-0.2, -0.15) is 4.98 Å². The number of fused-ring (bicyclic) bond motifs is 1. The molecule has 0 bridgehead atoms. The molecular formula is C22H20N4O2S. The molecule has 1 aliphatic rings. The van der Waals surface area contributed by atoms with Gasteiger partial charge in [0, 0.05) is 22.6 Å². The van der Waals surface area contributed by atoms with Gasteiger partial charge in [0.2, 0.25) is 5.82 Å². The molecule has 0 saturated heterocycles. The minimum absolute atomic E-state index is 0.0118. The number of nitrogens with zero attached hydrogens (tertiary/aromatic N) is 4. The Morgan fingerprint density at radius 2 is 2.03 bits per heavy atom. The van der Waals surface area contributed by atoms with E-state index in [1.807, 2.05) is 52.4 Å². The van der Waals surface area contributed by atoms with Crippen LogP contribution in [-0.4, -0.2) is 19.7 Å². The molecular weight excluding hydrogens is 384 g/mol. The topological polar surface area (TPSA) is 73.8 Å². The normalized spacial score (nSPS) is 15.1. The number of benzene rings is 1. The zero-order valence-corrected chi connectivity index (χ0v) is 16.9. The standard InChI is InChI=1S/C22H20N4O2S/c1-14-22(27)26(16-5-2-3-6-16)19-10-8-15(13-18(19)23-14)21-24-20(28-25-21)11-9-17-7-4-12-29-17/h4,7-13,16H,2-3,5-6H2,1H3/b11-9+. The van der Waals surface area contributed by atoms with Crippen LogP contribution in [0.1, 0.15) is 48.2 Å². The van der Waals surface area contributed by atoms with E-state index < -0.39 is 0 Å². The quantitative estimate of drug-likeness (QED) is 0.473. The van der Waals surface area contributed by atoms with Gasteiger partial charge in [0.1, 0.15) is 5.69 Å². The average molecular weight is 404 g/mol. The van der Waals surface area contributed by atoms with Gasteiger partial charge in [-0.15, -0.1) is 11.3 Å². The molecule has 0 unspecified atom stereocenters.